The van der Waals surface area contributed by atoms with E-state index in [4.69, 9.17) is 4.74 Å². The summed E-state index contributed by atoms with van der Waals surface area (Å²) in [6, 6.07) is 7.20. The molecule has 2 amide bonds. The number of aryl methyl sites for hydroxylation is 1. The minimum absolute atomic E-state index is 0.0893. The minimum Gasteiger partial charge on any atom is -0.377 e. The molecule has 0 bridgehead atoms. The molecule has 0 saturated heterocycles. The fourth-order valence-electron chi connectivity index (χ4n) is 1.93. The first-order valence-corrected chi connectivity index (χ1v) is 8.00. The number of thiazole rings is 1. The number of rotatable bonds is 5. The lowest BCUT2D eigenvalue weighted by molar-refractivity contribution is -0.136. The fraction of sp³-hybridized carbons (Fsp3) is 0.312. The Labute approximate surface area is 138 Å². The summed E-state index contributed by atoms with van der Waals surface area (Å²) >= 11 is 1.50. The summed E-state index contributed by atoms with van der Waals surface area (Å²) in [5, 5.41) is 7.90. The van der Waals surface area contributed by atoms with E-state index in [0.717, 1.165) is 16.3 Å². The Balaban J connectivity index is 1.91. The van der Waals surface area contributed by atoms with Crippen LogP contribution in [0, 0.1) is 6.92 Å². The lowest BCUT2D eigenvalue weighted by atomic mass is 10.1. The third kappa shape index (κ3) is 4.87. The number of methoxy groups -OCH3 is 1. The Kier molecular flexibility index (Phi) is 5.84. The second kappa shape index (κ2) is 7.85. The largest absolute Gasteiger partial charge is 0.377 e. The Morgan fingerprint density at radius 1 is 1.35 bits per heavy atom. The molecule has 1 heterocycles. The van der Waals surface area contributed by atoms with Gasteiger partial charge in [0.15, 0.2) is 0 Å². The van der Waals surface area contributed by atoms with Crippen molar-refractivity contribution >= 4 is 28.8 Å². The van der Waals surface area contributed by atoms with Gasteiger partial charge < -0.3 is 15.4 Å². The predicted molar refractivity (Wildman–Crippen MR) is 89.2 cm³/mol. The van der Waals surface area contributed by atoms with Crippen LogP contribution >= 0.6 is 11.3 Å². The molecular formula is C16H19N3O3S. The van der Waals surface area contributed by atoms with Crippen molar-refractivity contribution in [2.45, 2.75) is 26.5 Å². The van der Waals surface area contributed by atoms with E-state index in [9.17, 15) is 9.59 Å². The standard InChI is InChI=1S/C16H19N3O3S/c1-10(22-3)12-5-4-6-13(7-12)19-16(21)15(20)17-8-14-9-23-11(2)18-14/h4-7,9-10H,8H2,1-3H3,(H,17,20)(H,19,21)/t10-/m1/s1. The predicted octanol–water partition coefficient (Wildman–Crippen LogP) is 2.41. The number of carbonyl (C=O) groups excluding carboxylic acids is 2. The van der Waals surface area contributed by atoms with Crippen LogP contribution in [-0.4, -0.2) is 23.9 Å². The highest BCUT2D eigenvalue weighted by Gasteiger charge is 2.14. The van der Waals surface area contributed by atoms with Gasteiger partial charge in [-0.25, -0.2) is 4.98 Å². The summed E-state index contributed by atoms with van der Waals surface area (Å²) in [7, 11) is 1.61. The van der Waals surface area contributed by atoms with Gasteiger partial charge in [-0.3, -0.25) is 9.59 Å². The van der Waals surface area contributed by atoms with Crippen LogP contribution in [0.25, 0.3) is 0 Å². The second-order valence-electron chi connectivity index (χ2n) is 5.00. The zero-order valence-corrected chi connectivity index (χ0v) is 14.1. The first-order valence-electron chi connectivity index (χ1n) is 7.12. The maximum Gasteiger partial charge on any atom is 0.313 e. The molecule has 0 aliphatic rings. The highest BCUT2D eigenvalue weighted by Crippen LogP contribution is 2.19. The van der Waals surface area contributed by atoms with Gasteiger partial charge in [-0.05, 0) is 31.5 Å². The van der Waals surface area contributed by atoms with Crippen LogP contribution in [0.15, 0.2) is 29.6 Å². The van der Waals surface area contributed by atoms with Gasteiger partial charge in [0.1, 0.15) is 0 Å². The summed E-state index contributed by atoms with van der Waals surface area (Å²) in [6.45, 7) is 4.03. The quantitative estimate of drug-likeness (QED) is 0.824. The van der Waals surface area contributed by atoms with Gasteiger partial charge in [-0.1, -0.05) is 12.1 Å². The van der Waals surface area contributed by atoms with Crippen LogP contribution in [0.1, 0.15) is 29.3 Å². The van der Waals surface area contributed by atoms with E-state index >= 15 is 0 Å². The van der Waals surface area contributed by atoms with E-state index in [1.807, 2.05) is 25.3 Å². The van der Waals surface area contributed by atoms with Gasteiger partial charge in [-0.15, -0.1) is 11.3 Å². The van der Waals surface area contributed by atoms with E-state index in [-0.39, 0.29) is 12.6 Å². The number of hydrogen-bond donors (Lipinski definition) is 2. The van der Waals surface area contributed by atoms with E-state index in [1.165, 1.54) is 11.3 Å². The van der Waals surface area contributed by atoms with Crippen LogP contribution in [0.5, 0.6) is 0 Å². The molecule has 0 aliphatic carbocycles. The molecule has 1 atom stereocenters. The molecule has 2 aromatic rings. The average molecular weight is 333 g/mol. The zero-order chi connectivity index (χ0) is 16.8. The molecule has 0 spiro atoms. The van der Waals surface area contributed by atoms with Crippen LogP contribution in [0.2, 0.25) is 0 Å². The number of hydrogen-bond acceptors (Lipinski definition) is 5. The lowest BCUT2D eigenvalue weighted by Crippen LogP contribution is -2.35. The van der Waals surface area contributed by atoms with Crippen LogP contribution in [0.4, 0.5) is 5.69 Å². The van der Waals surface area contributed by atoms with Crippen molar-refractivity contribution in [3.63, 3.8) is 0 Å². The second-order valence-corrected chi connectivity index (χ2v) is 6.06. The van der Waals surface area contributed by atoms with E-state index in [2.05, 4.69) is 15.6 Å². The molecule has 0 radical (unpaired) electrons. The number of carbonyl (C=O) groups is 2. The molecule has 1 aromatic heterocycles. The van der Waals surface area contributed by atoms with E-state index < -0.39 is 11.8 Å². The number of aromatic nitrogens is 1. The smallest absolute Gasteiger partial charge is 0.313 e. The Morgan fingerprint density at radius 3 is 2.78 bits per heavy atom. The van der Waals surface area contributed by atoms with Crippen LogP contribution in [0.3, 0.4) is 0 Å². The summed E-state index contributed by atoms with van der Waals surface area (Å²) in [4.78, 5) is 28.0. The number of ether oxygens (including phenoxy) is 1. The summed E-state index contributed by atoms with van der Waals surface area (Å²) < 4.78 is 5.24. The van der Waals surface area contributed by atoms with E-state index in [1.54, 1.807) is 25.3 Å². The molecule has 1 aromatic carbocycles. The van der Waals surface area contributed by atoms with Crippen LogP contribution < -0.4 is 10.6 Å². The maximum atomic E-state index is 11.9. The summed E-state index contributed by atoms with van der Waals surface area (Å²) in [5.41, 5.74) is 2.21. The molecule has 0 aliphatic heterocycles. The molecule has 0 fully saturated rings. The van der Waals surface area contributed by atoms with Gasteiger partial charge >= 0.3 is 11.8 Å². The van der Waals surface area contributed by atoms with Gasteiger partial charge in [0.05, 0.1) is 23.4 Å². The maximum absolute atomic E-state index is 11.9. The normalized spacial score (nSPS) is 11.8. The zero-order valence-electron chi connectivity index (χ0n) is 13.3. The molecule has 122 valence electrons. The molecule has 2 rings (SSSR count). The molecular weight excluding hydrogens is 314 g/mol. The highest BCUT2D eigenvalue weighted by molar-refractivity contribution is 7.09. The van der Waals surface area contributed by atoms with Crippen molar-refractivity contribution in [3.8, 4) is 0 Å². The van der Waals surface area contributed by atoms with Gasteiger partial charge in [0.2, 0.25) is 0 Å². The molecule has 2 N–H and O–H groups in total. The molecule has 0 saturated carbocycles. The van der Waals surface area contributed by atoms with Crippen molar-refractivity contribution in [2.24, 2.45) is 0 Å². The number of amides is 2. The van der Waals surface area contributed by atoms with Crippen LogP contribution in [-0.2, 0) is 20.9 Å². The molecule has 6 nitrogen and oxygen atoms in total. The van der Waals surface area contributed by atoms with Crippen molar-refractivity contribution < 1.29 is 14.3 Å². The molecule has 0 unspecified atom stereocenters. The topological polar surface area (TPSA) is 80.3 Å². The van der Waals surface area contributed by atoms with E-state index in [0.29, 0.717) is 5.69 Å². The fourth-order valence-corrected chi connectivity index (χ4v) is 2.55. The summed E-state index contributed by atoms with van der Waals surface area (Å²) in [5.74, 6) is -1.40. The number of benzene rings is 1. The number of anilines is 1. The SMILES string of the molecule is CO[C@H](C)c1cccc(NC(=O)C(=O)NCc2csc(C)n2)c1. The molecule has 7 heteroatoms. The molecule has 23 heavy (non-hydrogen) atoms. The third-order valence-corrected chi connectivity index (χ3v) is 4.09. The third-order valence-electron chi connectivity index (χ3n) is 3.27. The van der Waals surface area contributed by atoms with Gasteiger partial charge in [0.25, 0.3) is 0 Å². The lowest BCUT2D eigenvalue weighted by Gasteiger charge is -2.12. The Bertz CT molecular complexity index is 699. The van der Waals surface area contributed by atoms with Gasteiger partial charge in [0, 0.05) is 18.2 Å². The monoisotopic (exact) mass is 333 g/mol. The number of nitrogens with zero attached hydrogens (tertiary/aromatic N) is 1. The van der Waals surface area contributed by atoms with Crippen molar-refractivity contribution in [1.29, 1.82) is 0 Å². The first-order chi connectivity index (χ1) is 11.0. The average Bonchev–Trinajstić information content (AvgIpc) is 2.97. The summed E-state index contributed by atoms with van der Waals surface area (Å²) in [6.07, 6.45) is -0.0893. The first kappa shape index (κ1) is 17.1. The van der Waals surface area contributed by atoms with Crippen molar-refractivity contribution in [2.75, 3.05) is 12.4 Å². The van der Waals surface area contributed by atoms with Gasteiger partial charge in [-0.2, -0.15) is 0 Å². The number of nitrogens with one attached hydrogen (secondary N) is 2. The highest BCUT2D eigenvalue weighted by atomic mass is 32.1. The Morgan fingerprint density at radius 2 is 2.13 bits per heavy atom. The Hall–Kier alpha value is -2.25. The minimum atomic E-state index is -0.709. The van der Waals surface area contributed by atoms with Crippen molar-refractivity contribution in [3.05, 3.63) is 45.9 Å². The van der Waals surface area contributed by atoms with Crippen molar-refractivity contribution in [1.82, 2.24) is 10.3 Å².